The summed E-state index contributed by atoms with van der Waals surface area (Å²) in [6.45, 7) is 2.77. The molecule has 0 unspecified atom stereocenters. The molecule has 1 heterocycles. The molecule has 8 nitrogen and oxygen atoms in total. The Balaban J connectivity index is 1.62. The van der Waals surface area contributed by atoms with Gasteiger partial charge in [-0.1, -0.05) is 36.0 Å². The second kappa shape index (κ2) is 8.45. The Kier molecular flexibility index (Phi) is 5.82. The van der Waals surface area contributed by atoms with E-state index < -0.39 is 4.92 Å². The van der Waals surface area contributed by atoms with Crippen LogP contribution in [0, 0.1) is 10.1 Å². The molecule has 3 aromatic rings. The molecule has 9 heteroatoms. The molecule has 0 spiro atoms. The molecular weight excluding hydrogens is 366 g/mol. The highest BCUT2D eigenvalue weighted by atomic mass is 32.2. The first-order valence-electron chi connectivity index (χ1n) is 8.23. The maximum Gasteiger partial charge on any atom is 0.278 e. The molecule has 3 rings (SSSR count). The van der Waals surface area contributed by atoms with E-state index in [-0.39, 0.29) is 17.3 Å². The van der Waals surface area contributed by atoms with Gasteiger partial charge in [-0.15, -0.1) is 0 Å². The molecule has 0 saturated carbocycles. The SMILES string of the molecule is CCn1c(SCC(=O)NN=Cc2ccccc2[N+](=O)[O-])nc2ccccc21. The van der Waals surface area contributed by atoms with E-state index >= 15 is 0 Å². The first kappa shape index (κ1) is 18.6. The van der Waals surface area contributed by atoms with Gasteiger partial charge >= 0.3 is 0 Å². The van der Waals surface area contributed by atoms with E-state index in [0.29, 0.717) is 5.56 Å². The van der Waals surface area contributed by atoms with Crippen LogP contribution in [0.15, 0.2) is 58.8 Å². The van der Waals surface area contributed by atoms with E-state index in [9.17, 15) is 14.9 Å². The van der Waals surface area contributed by atoms with E-state index in [1.165, 1.54) is 24.0 Å². The smallest absolute Gasteiger partial charge is 0.278 e. The summed E-state index contributed by atoms with van der Waals surface area (Å²) in [7, 11) is 0. The highest BCUT2D eigenvalue weighted by Crippen LogP contribution is 2.23. The third-order valence-corrected chi connectivity index (χ3v) is 4.77. The lowest BCUT2D eigenvalue weighted by molar-refractivity contribution is -0.385. The van der Waals surface area contributed by atoms with Crippen LogP contribution in [0.5, 0.6) is 0 Å². The minimum atomic E-state index is -0.492. The van der Waals surface area contributed by atoms with Gasteiger partial charge in [0.15, 0.2) is 5.16 Å². The van der Waals surface area contributed by atoms with Crippen molar-refractivity contribution >= 4 is 40.6 Å². The van der Waals surface area contributed by atoms with Crippen molar-refractivity contribution < 1.29 is 9.72 Å². The van der Waals surface area contributed by atoms with E-state index in [4.69, 9.17) is 0 Å². The number of hydrazone groups is 1. The van der Waals surface area contributed by atoms with Gasteiger partial charge in [0.25, 0.3) is 11.6 Å². The first-order valence-corrected chi connectivity index (χ1v) is 9.22. The quantitative estimate of drug-likeness (QED) is 0.292. The fourth-order valence-electron chi connectivity index (χ4n) is 2.57. The van der Waals surface area contributed by atoms with Crippen LogP contribution in [-0.4, -0.2) is 32.3 Å². The largest absolute Gasteiger partial charge is 0.319 e. The van der Waals surface area contributed by atoms with Crippen LogP contribution >= 0.6 is 11.8 Å². The molecule has 0 atom stereocenters. The zero-order chi connectivity index (χ0) is 19.2. The zero-order valence-electron chi connectivity index (χ0n) is 14.5. The Morgan fingerprint density at radius 3 is 2.81 bits per heavy atom. The highest BCUT2D eigenvalue weighted by Gasteiger charge is 2.12. The Morgan fingerprint density at radius 2 is 2.04 bits per heavy atom. The van der Waals surface area contributed by atoms with Crippen molar-refractivity contribution in [2.45, 2.75) is 18.6 Å². The molecular formula is C18H17N5O3S. The standard InChI is InChI=1S/C18H17N5O3S/c1-2-22-16-10-6-4-8-14(16)20-18(22)27-12-17(24)21-19-11-13-7-3-5-9-15(13)23(25)26/h3-11H,2,12H2,1H3,(H,21,24). The maximum absolute atomic E-state index is 12.0. The third kappa shape index (κ3) is 4.32. The van der Waals surface area contributed by atoms with Gasteiger partial charge in [0.05, 0.1) is 33.5 Å². The van der Waals surface area contributed by atoms with Crippen LogP contribution in [0.3, 0.4) is 0 Å². The number of hydrogen-bond donors (Lipinski definition) is 1. The monoisotopic (exact) mass is 383 g/mol. The van der Waals surface area contributed by atoms with Gasteiger partial charge in [-0.2, -0.15) is 5.10 Å². The number of rotatable bonds is 7. The van der Waals surface area contributed by atoms with Crippen LogP contribution in [-0.2, 0) is 11.3 Å². The number of thioether (sulfide) groups is 1. The average Bonchev–Trinajstić information content (AvgIpc) is 3.04. The summed E-state index contributed by atoms with van der Waals surface area (Å²) in [5, 5.41) is 15.5. The fraction of sp³-hybridized carbons (Fsp3) is 0.167. The molecule has 2 aromatic carbocycles. The van der Waals surface area contributed by atoms with Gasteiger partial charge in [0.1, 0.15) is 0 Å². The van der Waals surface area contributed by atoms with Gasteiger partial charge in [-0.05, 0) is 25.1 Å². The first-order chi connectivity index (χ1) is 13.1. The number of aromatic nitrogens is 2. The number of nitrogens with zero attached hydrogens (tertiary/aromatic N) is 4. The minimum Gasteiger partial charge on any atom is -0.319 e. The van der Waals surface area contributed by atoms with Crippen LogP contribution in [0.1, 0.15) is 12.5 Å². The molecule has 0 fully saturated rings. The van der Waals surface area contributed by atoms with Crippen LogP contribution in [0.4, 0.5) is 5.69 Å². The number of carbonyl (C=O) groups excluding carboxylic acids is 1. The number of nitrogens with one attached hydrogen (secondary N) is 1. The number of hydrogen-bond acceptors (Lipinski definition) is 6. The molecule has 0 saturated heterocycles. The summed E-state index contributed by atoms with van der Waals surface area (Å²) < 4.78 is 2.05. The van der Waals surface area contributed by atoms with Gasteiger partial charge in [-0.3, -0.25) is 14.9 Å². The number of benzene rings is 2. The number of carbonyl (C=O) groups is 1. The average molecular weight is 383 g/mol. The second-order valence-electron chi connectivity index (χ2n) is 5.53. The Hall–Kier alpha value is -3.20. The summed E-state index contributed by atoms with van der Waals surface area (Å²) in [5.41, 5.74) is 4.55. The van der Waals surface area contributed by atoms with E-state index in [2.05, 4.69) is 15.5 Å². The molecule has 0 aliphatic heterocycles. The lowest BCUT2D eigenvalue weighted by atomic mass is 10.2. The second-order valence-corrected chi connectivity index (χ2v) is 6.47. The van der Waals surface area contributed by atoms with Gasteiger partial charge < -0.3 is 4.57 Å². The number of amides is 1. The van der Waals surface area contributed by atoms with Crippen LogP contribution < -0.4 is 5.43 Å². The van der Waals surface area contributed by atoms with Crippen molar-refractivity contribution in [1.82, 2.24) is 15.0 Å². The molecule has 0 bridgehead atoms. The third-order valence-electron chi connectivity index (χ3n) is 3.79. The summed E-state index contributed by atoms with van der Waals surface area (Å²) in [6, 6.07) is 14.0. The van der Waals surface area contributed by atoms with E-state index in [1.54, 1.807) is 18.2 Å². The lowest BCUT2D eigenvalue weighted by Gasteiger charge is -2.04. The normalized spacial score (nSPS) is 11.1. The summed E-state index contributed by atoms with van der Waals surface area (Å²) in [6.07, 6.45) is 1.27. The number of nitro groups is 1. The fourth-order valence-corrected chi connectivity index (χ4v) is 3.44. The predicted molar refractivity (Wildman–Crippen MR) is 105 cm³/mol. The summed E-state index contributed by atoms with van der Waals surface area (Å²) in [5.74, 6) is -0.179. The molecule has 0 radical (unpaired) electrons. The highest BCUT2D eigenvalue weighted by molar-refractivity contribution is 7.99. The molecule has 1 aromatic heterocycles. The number of fused-ring (bicyclic) bond motifs is 1. The van der Waals surface area contributed by atoms with Crippen molar-refractivity contribution in [3.63, 3.8) is 0 Å². The Bertz CT molecular complexity index is 1020. The molecule has 138 valence electrons. The van der Waals surface area contributed by atoms with Crippen molar-refractivity contribution in [1.29, 1.82) is 0 Å². The maximum atomic E-state index is 12.0. The summed E-state index contributed by atoms with van der Waals surface area (Å²) in [4.78, 5) is 27.0. The number of para-hydroxylation sites is 3. The van der Waals surface area contributed by atoms with Gasteiger partial charge in [0.2, 0.25) is 0 Å². The predicted octanol–water partition coefficient (Wildman–Crippen LogP) is 3.21. The Labute approximate surface area is 159 Å². The van der Waals surface area contributed by atoms with Crippen molar-refractivity contribution in [3.8, 4) is 0 Å². The molecule has 1 amide bonds. The van der Waals surface area contributed by atoms with Crippen molar-refractivity contribution in [3.05, 3.63) is 64.2 Å². The van der Waals surface area contributed by atoms with Crippen molar-refractivity contribution in [2.24, 2.45) is 5.10 Å². The number of imidazole rings is 1. The van der Waals surface area contributed by atoms with Gasteiger partial charge in [-0.25, -0.2) is 10.4 Å². The van der Waals surface area contributed by atoms with Crippen LogP contribution in [0.2, 0.25) is 0 Å². The number of nitro benzene ring substituents is 1. The van der Waals surface area contributed by atoms with Crippen molar-refractivity contribution in [2.75, 3.05) is 5.75 Å². The summed E-state index contributed by atoms with van der Waals surface area (Å²) >= 11 is 1.32. The van der Waals surface area contributed by atoms with E-state index in [0.717, 1.165) is 22.7 Å². The zero-order valence-corrected chi connectivity index (χ0v) is 15.3. The molecule has 0 aliphatic rings. The van der Waals surface area contributed by atoms with E-state index in [1.807, 2.05) is 35.8 Å². The molecule has 0 aliphatic carbocycles. The number of aryl methyl sites for hydroxylation is 1. The Morgan fingerprint density at radius 1 is 1.30 bits per heavy atom. The van der Waals surface area contributed by atoms with Gasteiger partial charge in [0, 0.05) is 12.6 Å². The minimum absolute atomic E-state index is 0.0680. The molecule has 27 heavy (non-hydrogen) atoms. The topological polar surface area (TPSA) is 102 Å². The van der Waals surface area contributed by atoms with Crippen LogP contribution in [0.25, 0.3) is 11.0 Å². The molecule has 1 N–H and O–H groups in total. The lowest BCUT2D eigenvalue weighted by Crippen LogP contribution is -2.20.